The Labute approximate surface area is 229 Å². The van der Waals surface area contributed by atoms with E-state index in [4.69, 9.17) is 16.3 Å². The third-order valence-corrected chi connectivity index (χ3v) is 6.23. The summed E-state index contributed by atoms with van der Waals surface area (Å²) in [5, 5.41) is 15.6. The highest BCUT2D eigenvalue weighted by molar-refractivity contribution is 7.80. The molecule has 0 aliphatic rings. The van der Waals surface area contributed by atoms with Crippen LogP contribution in [-0.2, 0) is 14.3 Å². The first kappa shape index (κ1) is 30.5. The van der Waals surface area contributed by atoms with Crippen molar-refractivity contribution >= 4 is 47.8 Å². The number of aryl methyl sites for hydroxylation is 3. The lowest BCUT2D eigenvalue weighted by Gasteiger charge is -2.34. The molecule has 10 heteroatoms. The summed E-state index contributed by atoms with van der Waals surface area (Å²) < 4.78 is 5.29. The summed E-state index contributed by atoms with van der Waals surface area (Å²) in [5.41, 5.74) is 2.76. The van der Waals surface area contributed by atoms with Gasteiger partial charge in [0.1, 0.15) is 17.7 Å². The molecule has 3 amide bonds. The number of rotatable bonds is 9. The van der Waals surface area contributed by atoms with Crippen molar-refractivity contribution in [1.82, 2.24) is 10.2 Å². The third kappa shape index (κ3) is 8.38. The molecule has 0 aliphatic heterocycles. The van der Waals surface area contributed by atoms with E-state index in [2.05, 4.69) is 23.3 Å². The molecule has 0 bridgehead atoms. The van der Waals surface area contributed by atoms with Gasteiger partial charge >= 0.3 is 6.09 Å². The minimum atomic E-state index is -1.13. The summed E-state index contributed by atoms with van der Waals surface area (Å²) in [7, 11) is 0. The fourth-order valence-corrected chi connectivity index (χ4v) is 4.39. The normalized spacial score (nSPS) is 12.9. The van der Waals surface area contributed by atoms with Crippen LogP contribution in [0.2, 0.25) is 5.02 Å². The zero-order chi connectivity index (χ0) is 27.9. The molecule has 2 aromatic carbocycles. The van der Waals surface area contributed by atoms with Crippen molar-refractivity contribution < 1.29 is 24.2 Å². The quantitative estimate of drug-likeness (QED) is 0.342. The first-order valence-electron chi connectivity index (χ1n) is 11.9. The molecule has 37 heavy (non-hydrogen) atoms. The standard InChI is InChI=1S/C27H36ClN3O5S/c1-16-10-11-19(18(3)14-16)23(24(33)30-22-17(2)8-7-9-20(22)28)31(12-13-32)25(34)21(15-37)29-26(35)36-27(4,5)6/h7-11,14,21,23,32,37H,12-13,15H2,1-6H3,(H,29,35)(H,30,33). The number of nitrogens with zero attached hydrogens (tertiary/aromatic N) is 1. The minimum Gasteiger partial charge on any atom is -0.444 e. The number of carbonyl (C=O) groups excluding carboxylic acids is 3. The van der Waals surface area contributed by atoms with Crippen LogP contribution >= 0.6 is 24.2 Å². The Morgan fingerprint density at radius 2 is 1.78 bits per heavy atom. The molecule has 0 heterocycles. The largest absolute Gasteiger partial charge is 0.444 e. The number of thiol groups is 1. The number of carbonyl (C=O) groups is 3. The number of halogens is 1. The molecule has 0 aromatic heterocycles. The number of ether oxygens (including phenoxy) is 1. The topological polar surface area (TPSA) is 108 Å². The highest BCUT2D eigenvalue weighted by Crippen LogP contribution is 2.31. The van der Waals surface area contributed by atoms with Crippen LogP contribution in [0.15, 0.2) is 36.4 Å². The van der Waals surface area contributed by atoms with E-state index in [1.165, 1.54) is 4.90 Å². The Hall–Kier alpha value is -2.75. The maximum Gasteiger partial charge on any atom is 0.408 e. The lowest BCUT2D eigenvalue weighted by molar-refractivity contribution is -0.140. The van der Waals surface area contributed by atoms with Crippen molar-refractivity contribution in [2.24, 2.45) is 0 Å². The van der Waals surface area contributed by atoms with E-state index in [9.17, 15) is 19.5 Å². The lowest BCUT2D eigenvalue weighted by atomic mass is 9.96. The summed E-state index contributed by atoms with van der Waals surface area (Å²) in [4.78, 5) is 41.2. The number of para-hydroxylation sites is 1. The lowest BCUT2D eigenvalue weighted by Crippen LogP contribution is -2.54. The molecule has 0 saturated heterocycles. The van der Waals surface area contributed by atoms with E-state index >= 15 is 0 Å². The summed E-state index contributed by atoms with van der Waals surface area (Å²) in [6.45, 7) is 10.1. The number of benzene rings is 2. The van der Waals surface area contributed by atoms with Gasteiger partial charge in [-0.1, -0.05) is 47.5 Å². The molecular weight excluding hydrogens is 514 g/mol. The molecule has 0 saturated carbocycles. The SMILES string of the molecule is Cc1ccc(C(C(=O)Nc2c(C)cccc2Cl)N(CCO)C(=O)C(CS)NC(=O)OC(C)(C)C)c(C)c1. The summed E-state index contributed by atoms with van der Waals surface area (Å²) >= 11 is 10.6. The fourth-order valence-electron chi connectivity index (χ4n) is 3.87. The van der Waals surface area contributed by atoms with Gasteiger partial charge in [-0.15, -0.1) is 0 Å². The van der Waals surface area contributed by atoms with Gasteiger partial charge in [-0.2, -0.15) is 12.6 Å². The van der Waals surface area contributed by atoms with Gasteiger partial charge in [-0.05, 0) is 64.3 Å². The monoisotopic (exact) mass is 549 g/mol. The Balaban J connectivity index is 2.53. The number of amides is 3. The number of nitrogens with one attached hydrogen (secondary N) is 2. The van der Waals surface area contributed by atoms with Gasteiger partial charge in [-0.3, -0.25) is 9.59 Å². The van der Waals surface area contributed by atoms with Crippen LogP contribution in [0.25, 0.3) is 0 Å². The molecule has 0 fully saturated rings. The Morgan fingerprint density at radius 1 is 1.11 bits per heavy atom. The van der Waals surface area contributed by atoms with Gasteiger partial charge in [0.2, 0.25) is 5.91 Å². The second-order valence-electron chi connectivity index (χ2n) is 9.82. The fraction of sp³-hybridized carbons (Fsp3) is 0.444. The van der Waals surface area contributed by atoms with Crippen LogP contribution in [0.1, 0.15) is 49.1 Å². The van der Waals surface area contributed by atoms with Gasteiger partial charge < -0.3 is 25.4 Å². The Morgan fingerprint density at radius 3 is 2.32 bits per heavy atom. The average molecular weight is 550 g/mol. The third-order valence-electron chi connectivity index (χ3n) is 5.55. The number of anilines is 1. The molecule has 2 rings (SSSR count). The number of hydrogen-bond acceptors (Lipinski definition) is 6. The molecular formula is C27H36ClN3O5S. The molecule has 2 atom stereocenters. The second kappa shape index (κ2) is 13.2. The summed E-state index contributed by atoms with van der Waals surface area (Å²) in [6.07, 6.45) is -0.789. The van der Waals surface area contributed by atoms with Crippen LogP contribution in [0.5, 0.6) is 0 Å². The molecule has 2 unspecified atom stereocenters. The van der Waals surface area contributed by atoms with Crippen molar-refractivity contribution in [2.75, 3.05) is 24.2 Å². The highest BCUT2D eigenvalue weighted by Gasteiger charge is 2.36. The molecule has 202 valence electrons. The van der Waals surface area contributed by atoms with E-state index < -0.39 is 42.2 Å². The zero-order valence-corrected chi connectivity index (χ0v) is 23.7. The number of hydrogen-bond donors (Lipinski definition) is 4. The van der Waals surface area contributed by atoms with Crippen molar-refractivity contribution in [2.45, 2.75) is 59.2 Å². The van der Waals surface area contributed by atoms with Gasteiger partial charge in [-0.25, -0.2) is 4.79 Å². The van der Waals surface area contributed by atoms with E-state index in [0.717, 1.165) is 16.7 Å². The second-order valence-corrected chi connectivity index (χ2v) is 10.6. The molecule has 0 aliphatic carbocycles. The van der Waals surface area contributed by atoms with Crippen LogP contribution < -0.4 is 10.6 Å². The van der Waals surface area contributed by atoms with Crippen LogP contribution in [0.3, 0.4) is 0 Å². The summed E-state index contributed by atoms with van der Waals surface area (Å²) in [6, 6.07) is 8.55. The molecule has 0 radical (unpaired) electrons. The number of aliphatic hydroxyl groups is 1. The van der Waals surface area contributed by atoms with Crippen molar-refractivity contribution in [3.63, 3.8) is 0 Å². The van der Waals surface area contributed by atoms with E-state index in [1.54, 1.807) is 39.0 Å². The van der Waals surface area contributed by atoms with E-state index in [-0.39, 0.29) is 12.3 Å². The first-order chi connectivity index (χ1) is 17.3. The van der Waals surface area contributed by atoms with Gasteiger partial charge in [0.05, 0.1) is 17.3 Å². The van der Waals surface area contributed by atoms with Crippen LogP contribution in [0.4, 0.5) is 10.5 Å². The minimum absolute atomic E-state index is 0.0507. The molecule has 0 spiro atoms. The predicted octanol–water partition coefficient (Wildman–Crippen LogP) is 4.59. The Bertz CT molecular complexity index is 1120. The average Bonchev–Trinajstić information content (AvgIpc) is 2.79. The molecule has 3 N–H and O–H groups in total. The van der Waals surface area contributed by atoms with E-state index in [0.29, 0.717) is 16.3 Å². The summed E-state index contributed by atoms with van der Waals surface area (Å²) in [5.74, 6) is -1.16. The molecule has 8 nitrogen and oxygen atoms in total. The zero-order valence-electron chi connectivity index (χ0n) is 22.1. The van der Waals surface area contributed by atoms with E-state index in [1.807, 2.05) is 39.0 Å². The highest BCUT2D eigenvalue weighted by atomic mass is 35.5. The van der Waals surface area contributed by atoms with Gasteiger partial charge in [0.15, 0.2) is 0 Å². The number of alkyl carbamates (subject to hydrolysis) is 1. The van der Waals surface area contributed by atoms with Crippen molar-refractivity contribution in [3.8, 4) is 0 Å². The maximum absolute atomic E-state index is 13.8. The first-order valence-corrected chi connectivity index (χ1v) is 12.9. The molecule has 2 aromatic rings. The predicted molar refractivity (Wildman–Crippen MR) is 149 cm³/mol. The Kier molecular flexibility index (Phi) is 10.8. The van der Waals surface area contributed by atoms with Crippen molar-refractivity contribution in [1.29, 1.82) is 0 Å². The van der Waals surface area contributed by atoms with Crippen LogP contribution in [-0.4, -0.2) is 58.5 Å². The smallest absolute Gasteiger partial charge is 0.408 e. The number of aliphatic hydroxyl groups excluding tert-OH is 1. The van der Waals surface area contributed by atoms with Gasteiger partial charge in [0.25, 0.3) is 5.91 Å². The van der Waals surface area contributed by atoms with Crippen molar-refractivity contribution in [3.05, 3.63) is 63.7 Å². The maximum atomic E-state index is 13.8. The van der Waals surface area contributed by atoms with Gasteiger partial charge in [0, 0.05) is 12.3 Å². The van der Waals surface area contributed by atoms with Crippen LogP contribution in [0, 0.1) is 20.8 Å².